The average Bonchev–Trinajstić information content (AvgIpc) is 2.59. The first-order valence-corrected chi connectivity index (χ1v) is 9.72. The molecule has 0 spiro atoms. The van der Waals surface area contributed by atoms with Crippen LogP contribution in [-0.4, -0.2) is 52.7 Å². The van der Waals surface area contributed by atoms with Crippen molar-refractivity contribution in [1.82, 2.24) is 20.6 Å². The molecule has 2 rings (SSSR count). The van der Waals surface area contributed by atoms with E-state index in [4.69, 9.17) is 4.74 Å². The normalized spacial score (nSPS) is 16.7. The zero-order valence-corrected chi connectivity index (χ0v) is 17.8. The standard InChI is InChI=1S/C19H28F3N5O3/c1-11(23-17(29)30-18(3,4)5)16(28)26-13-6-8-27(9-7-13)15-10-14(19(20,21)22)24-12(2)25-15/h10-11,13H,6-9H2,1-5H3,(H,23,29)(H,26,28). The van der Waals surface area contributed by atoms with Gasteiger partial charge >= 0.3 is 12.3 Å². The Morgan fingerprint density at radius 3 is 2.33 bits per heavy atom. The second-order valence-corrected chi connectivity index (χ2v) is 8.29. The van der Waals surface area contributed by atoms with Gasteiger partial charge in [-0.3, -0.25) is 4.79 Å². The molecular weight excluding hydrogens is 403 g/mol. The summed E-state index contributed by atoms with van der Waals surface area (Å²) in [5, 5.41) is 5.34. The number of piperidine rings is 1. The molecule has 2 heterocycles. The van der Waals surface area contributed by atoms with Crippen LogP contribution in [0.3, 0.4) is 0 Å². The van der Waals surface area contributed by atoms with Crippen LogP contribution in [0.1, 0.15) is 52.1 Å². The van der Waals surface area contributed by atoms with E-state index in [2.05, 4.69) is 20.6 Å². The first kappa shape index (κ1) is 23.7. The highest BCUT2D eigenvalue weighted by Gasteiger charge is 2.34. The number of nitrogens with zero attached hydrogens (tertiary/aromatic N) is 3. The second-order valence-electron chi connectivity index (χ2n) is 8.29. The molecule has 8 nitrogen and oxygen atoms in total. The molecule has 1 aromatic rings. The third-order valence-corrected chi connectivity index (χ3v) is 4.41. The Labute approximate surface area is 173 Å². The highest BCUT2D eigenvalue weighted by atomic mass is 19.4. The Morgan fingerprint density at radius 2 is 1.80 bits per heavy atom. The monoisotopic (exact) mass is 431 g/mol. The summed E-state index contributed by atoms with van der Waals surface area (Å²) in [6.45, 7) is 9.02. The molecule has 0 saturated carbocycles. The van der Waals surface area contributed by atoms with Crippen LogP contribution >= 0.6 is 0 Å². The number of rotatable bonds is 4. The van der Waals surface area contributed by atoms with Gasteiger partial charge in [0.1, 0.15) is 29.0 Å². The molecule has 0 radical (unpaired) electrons. The van der Waals surface area contributed by atoms with E-state index >= 15 is 0 Å². The Kier molecular flexibility index (Phi) is 7.14. The molecule has 30 heavy (non-hydrogen) atoms. The number of anilines is 1. The van der Waals surface area contributed by atoms with Crippen LogP contribution in [0, 0.1) is 6.92 Å². The van der Waals surface area contributed by atoms with Gasteiger partial charge in [-0.1, -0.05) is 0 Å². The summed E-state index contributed by atoms with van der Waals surface area (Å²) in [6, 6.07) is 0.0111. The third kappa shape index (κ3) is 7.03. The number of hydrogen-bond donors (Lipinski definition) is 2. The fourth-order valence-electron chi connectivity index (χ4n) is 2.99. The maximum atomic E-state index is 13.0. The smallest absolute Gasteiger partial charge is 0.433 e. The highest BCUT2D eigenvalue weighted by Crippen LogP contribution is 2.30. The van der Waals surface area contributed by atoms with Gasteiger partial charge in [-0.25, -0.2) is 14.8 Å². The van der Waals surface area contributed by atoms with Crippen LogP contribution in [0.5, 0.6) is 0 Å². The zero-order valence-electron chi connectivity index (χ0n) is 17.8. The first-order valence-electron chi connectivity index (χ1n) is 9.72. The molecule has 1 aliphatic rings. The Balaban J connectivity index is 1.88. The molecule has 2 amide bonds. The number of alkyl carbamates (subject to hydrolysis) is 1. The molecule has 11 heteroatoms. The highest BCUT2D eigenvalue weighted by molar-refractivity contribution is 5.85. The fraction of sp³-hybridized carbons (Fsp3) is 0.684. The fourth-order valence-corrected chi connectivity index (χ4v) is 2.99. The van der Waals surface area contributed by atoms with Crippen molar-refractivity contribution in [3.8, 4) is 0 Å². The lowest BCUT2D eigenvalue weighted by atomic mass is 10.0. The summed E-state index contributed by atoms with van der Waals surface area (Å²) < 4.78 is 44.1. The molecule has 1 aliphatic heterocycles. The SMILES string of the molecule is Cc1nc(N2CCC(NC(=O)C(C)NC(=O)OC(C)(C)C)CC2)cc(C(F)(F)F)n1. The van der Waals surface area contributed by atoms with Crippen molar-refractivity contribution in [3.63, 3.8) is 0 Å². The molecule has 1 unspecified atom stereocenters. The summed E-state index contributed by atoms with van der Waals surface area (Å²) in [7, 11) is 0. The Hall–Kier alpha value is -2.59. The van der Waals surface area contributed by atoms with E-state index in [1.165, 1.54) is 6.92 Å². The molecule has 1 fully saturated rings. The minimum Gasteiger partial charge on any atom is -0.444 e. The van der Waals surface area contributed by atoms with Crippen LogP contribution in [0.4, 0.5) is 23.8 Å². The maximum absolute atomic E-state index is 13.0. The summed E-state index contributed by atoms with van der Waals surface area (Å²) in [5.41, 5.74) is -1.64. The molecule has 168 valence electrons. The number of aryl methyl sites for hydroxylation is 1. The molecule has 0 bridgehead atoms. The van der Waals surface area contributed by atoms with Crippen LogP contribution in [0.2, 0.25) is 0 Å². The summed E-state index contributed by atoms with van der Waals surface area (Å²) in [4.78, 5) is 33.4. The van der Waals surface area contributed by atoms with Crippen molar-refractivity contribution in [2.24, 2.45) is 0 Å². The van der Waals surface area contributed by atoms with E-state index in [-0.39, 0.29) is 23.6 Å². The minimum absolute atomic E-state index is 0.0530. The molecule has 0 aliphatic carbocycles. The van der Waals surface area contributed by atoms with Crippen LogP contribution in [-0.2, 0) is 15.7 Å². The van der Waals surface area contributed by atoms with Crippen LogP contribution < -0.4 is 15.5 Å². The zero-order chi connectivity index (χ0) is 22.7. The second kappa shape index (κ2) is 9.05. The van der Waals surface area contributed by atoms with Gasteiger partial charge in [0.15, 0.2) is 0 Å². The predicted octanol–water partition coefficient (Wildman–Crippen LogP) is 2.80. The molecule has 1 saturated heterocycles. The Morgan fingerprint density at radius 1 is 1.20 bits per heavy atom. The van der Waals surface area contributed by atoms with Gasteiger partial charge in [-0.15, -0.1) is 0 Å². The number of nitrogens with one attached hydrogen (secondary N) is 2. The molecule has 0 aromatic carbocycles. The van der Waals surface area contributed by atoms with Crippen molar-refractivity contribution in [2.45, 2.75) is 71.3 Å². The largest absolute Gasteiger partial charge is 0.444 e. The third-order valence-electron chi connectivity index (χ3n) is 4.41. The average molecular weight is 431 g/mol. The molecule has 1 aromatic heterocycles. The van der Waals surface area contributed by atoms with Gasteiger partial charge in [-0.2, -0.15) is 13.2 Å². The summed E-state index contributed by atoms with van der Waals surface area (Å²) >= 11 is 0. The molecular formula is C19H28F3N5O3. The van der Waals surface area contributed by atoms with Crippen molar-refractivity contribution in [1.29, 1.82) is 0 Å². The first-order chi connectivity index (χ1) is 13.7. The van der Waals surface area contributed by atoms with Crippen LogP contribution in [0.15, 0.2) is 6.07 Å². The van der Waals surface area contributed by atoms with E-state index in [1.54, 1.807) is 32.6 Å². The quantitative estimate of drug-likeness (QED) is 0.761. The number of alkyl halides is 3. The number of ether oxygens (including phenoxy) is 1. The van der Waals surface area contributed by atoms with E-state index in [0.717, 1.165) is 6.07 Å². The number of hydrogen-bond acceptors (Lipinski definition) is 6. The van der Waals surface area contributed by atoms with E-state index in [9.17, 15) is 22.8 Å². The van der Waals surface area contributed by atoms with E-state index in [1.807, 2.05) is 0 Å². The van der Waals surface area contributed by atoms with E-state index in [0.29, 0.717) is 25.9 Å². The number of carbonyl (C=O) groups excluding carboxylic acids is 2. The van der Waals surface area contributed by atoms with Crippen molar-refractivity contribution < 1.29 is 27.5 Å². The van der Waals surface area contributed by atoms with Gasteiger partial charge in [-0.05, 0) is 47.5 Å². The maximum Gasteiger partial charge on any atom is 0.433 e. The lowest BCUT2D eigenvalue weighted by Gasteiger charge is -2.34. The number of carbonyl (C=O) groups is 2. The van der Waals surface area contributed by atoms with Crippen LogP contribution in [0.25, 0.3) is 0 Å². The Bertz CT molecular complexity index is 772. The van der Waals surface area contributed by atoms with Gasteiger partial charge < -0.3 is 20.3 Å². The van der Waals surface area contributed by atoms with Crippen molar-refractivity contribution in [3.05, 3.63) is 17.6 Å². The molecule has 1 atom stereocenters. The summed E-state index contributed by atoms with van der Waals surface area (Å²) in [5.74, 6) is -0.0756. The lowest BCUT2D eigenvalue weighted by Crippen LogP contribution is -2.51. The van der Waals surface area contributed by atoms with Crippen molar-refractivity contribution in [2.75, 3.05) is 18.0 Å². The van der Waals surface area contributed by atoms with Gasteiger partial charge in [0.05, 0.1) is 0 Å². The van der Waals surface area contributed by atoms with Crippen molar-refractivity contribution >= 4 is 17.8 Å². The minimum atomic E-state index is -4.54. The topological polar surface area (TPSA) is 96.5 Å². The number of halogens is 3. The predicted molar refractivity (Wildman–Crippen MR) is 104 cm³/mol. The number of amides is 2. The van der Waals surface area contributed by atoms with Gasteiger partial charge in [0.25, 0.3) is 0 Å². The van der Waals surface area contributed by atoms with E-state index < -0.39 is 29.6 Å². The summed E-state index contributed by atoms with van der Waals surface area (Å²) in [6.07, 6.45) is -4.14. The number of aromatic nitrogens is 2. The lowest BCUT2D eigenvalue weighted by molar-refractivity contribution is -0.141. The van der Waals surface area contributed by atoms with Gasteiger partial charge in [0, 0.05) is 25.2 Å². The van der Waals surface area contributed by atoms with Gasteiger partial charge in [0.2, 0.25) is 5.91 Å². The molecule has 2 N–H and O–H groups in total.